The third-order valence-electron chi connectivity index (χ3n) is 3.54. The highest BCUT2D eigenvalue weighted by Gasteiger charge is 2.22. The summed E-state index contributed by atoms with van der Waals surface area (Å²) in [5.41, 5.74) is 0. The van der Waals surface area contributed by atoms with Crippen molar-refractivity contribution >= 4 is 11.3 Å². The summed E-state index contributed by atoms with van der Waals surface area (Å²) in [5, 5.41) is 4.82. The second-order valence-electron chi connectivity index (χ2n) is 5.17. The maximum Gasteiger partial charge on any atom is 0.107 e. The zero-order valence-corrected chi connectivity index (χ0v) is 12.4. The normalized spacial score (nSPS) is 20.7. The molecule has 2 rings (SSSR count). The Balaban J connectivity index is 1.72. The molecule has 0 bridgehead atoms. The maximum absolute atomic E-state index is 4.51. The lowest BCUT2D eigenvalue weighted by molar-refractivity contribution is 0.314. The van der Waals surface area contributed by atoms with Crippen molar-refractivity contribution in [2.75, 3.05) is 26.2 Å². The Labute approximate surface area is 115 Å². The number of rotatable bonds is 7. The fourth-order valence-corrected chi connectivity index (χ4v) is 3.39. The van der Waals surface area contributed by atoms with E-state index < -0.39 is 0 Å². The number of hydrogen-bond acceptors (Lipinski definition) is 4. The quantitative estimate of drug-likeness (QED) is 0.770. The van der Waals surface area contributed by atoms with E-state index in [2.05, 4.69) is 29.0 Å². The highest BCUT2D eigenvalue weighted by molar-refractivity contribution is 7.11. The van der Waals surface area contributed by atoms with Gasteiger partial charge in [0.2, 0.25) is 0 Å². The van der Waals surface area contributed by atoms with Gasteiger partial charge in [-0.25, -0.2) is 4.98 Å². The molecule has 0 amide bonds. The van der Waals surface area contributed by atoms with Crippen LogP contribution in [0.5, 0.6) is 0 Å². The second kappa shape index (κ2) is 7.22. The molecule has 1 aromatic heterocycles. The van der Waals surface area contributed by atoms with Crippen molar-refractivity contribution in [2.24, 2.45) is 5.92 Å². The van der Waals surface area contributed by atoms with Gasteiger partial charge < -0.3 is 5.32 Å². The Bertz CT molecular complexity index is 351. The minimum absolute atomic E-state index is 0.835. The van der Waals surface area contributed by atoms with Gasteiger partial charge in [-0.05, 0) is 44.8 Å². The van der Waals surface area contributed by atoms with E-state index in [4.69, 9.17) is 0 Å². The van der Waals surface area contributed by atoms with Gasteiger partial charge in [0.1, 0.15) is 5.01 Å². The van der Waals surface area contributed by atoms with Crippen LogP contribution >= 0.6 is 11.3 Å². The number of likely N-dealkylation sites (tertiary alicyclic amines) is 1. The molecule has 0 saturated carbocycles. The van der Waals surface area contributed by atoms with E-state index in [1.165, 1.54) is 42.4 Å². The largest absolute Gasteiger partial charge is 0.316 e. The molecule has 1 atom stereocenters. The molecule has 102 valence electrons. The molecular formula is C14H25N3S. The number of hydrogen-bond donors (Lipinski definition) is 1. The van der Waals surface area contributed by atoms with Crippen molar-refractivity contribution in [1.82, 2.24) is 15.2 Å². The van der Waals surface area contributed by atoms with Crippen molar-refractivity contribution in [3.63, 3.8) is 0 Å². The van der Waals surface area contributed by atoms with E-state index in [0.717, 1.165) is 25.4 Å². The summed E-state index contributed by atoms with van der Waals surface area (Å²) in [5.74, 6) is 0.835. The molecule has 1 aromatic rings. The lowest BCUT2D eigenvalue weighted by Gasteiger charge is -2.14. The number of nitrogens with one attached hydrogen (secondary N) is 1. The number of thiazole rings is 1. The van der Waals surface area contributed by atoms with E-state index in [9.17, 15) is 0 Å². The first-order valence-electron chi connectivity index (χ1n) is 7.18. The Morgan fingerprint density at radius 3 is 3.11 bits per heavy atom. The first-order chi connectivity index (χ1) is 8.81. The van der Waals surface area contributed by atoms with Gasteiger partial charge in [0.15, 0.2) is 0 Å². The molecule has 18 heavy (non-hydrogen) atoms. The summed E-state index contributed by atoms with van der Waals surface area (Å²) in [6, 6.07) is 0. The average Bonchev–Trinajstić information content (AvgIpc) is 3.00. The molecule has 1 aliphatic heterocycles. The maximum atomic E-state index is 4.51. The van der Waals surface area contributed by atoms with Crippen LogP contribution in [-0.4, -0.2) is 36.1 Å². The molecule has 0 aromatic carbocycles. The Morgan fingerprint density at radius 2 is 2.39 bits per heavy atom. The lowest BCUT2D eigenvalue weighted by Crippen LogP contribution is -2.26. The molecular weight excluding hydrogens is 242 g/mol. The molecule has 4 heteroatoms. The third-order valence-corrected chi connectivity index (χ3v) is 4.66. The number of aryl methyl sites for hydroxylation is 1. The minimum Gasteiger partial charge on any atom is -0.316 e. The Morgan fingerprint density at radius 1 is 1.50 bits per heavy atom. The van der Waals surface area contributed by atoms with Crippen LogP contribution in [0.15, 0.2) is 6.20 Å². The zero-order valence-electron chi connectivity index (χ0n) is 11.6. The predicted molar refractivity (Wildman–Crippen MR) is 78.0 cm³/mol. The van der Waals surface area contributed by atoms with Gasteiger partial charge in [0.05, 0.1) is 6.54 Å². The molecule has 2 heterocycles. The molecule has 1 N–H and O–H groups in total. The summed E-state index contributed by atoms with van der Waals surface area (Å²) in [7, 11) is 0. The topological polar surface area (TPSA) is 28.2 Å². The smallest absolute Gasteiger partial charge is 0.107 e. The molecule has 0 radical (unpaired) electrons. The van der Waals surface area contributed by atoms with E-state index >= 15 is 0 Å². The monoisotopic (exact) mass is 267 g/mol. The van der Waals surface area contributed by atoms with Crippen LogP contribution in [-0.2, 0) is 13.0 Å². The van der Waals surface area contributed by atoms with Crippen LogP contribution < -0.4 is 5.32 Å². The number of aromatic nitrogens is 1. The first-order valence-corrected chi connectivity index (χ1v) is 8.00. The first kappa shape index (κ1) is 14.0. The standard InChI is InChI=1S/C14H25N3S/c1-3-6-15-8-12-5-7-17(10-12)11-14-16-9-13(4-2)18-14/h9,12,15H,3-8,10-11H2,1-2H3. The lowest BCUT2D eigenvalue weighted by atomic mass is 10.1. The van der Waals surface area contributed by atoms with Crippen LogP contribution in [0.25, 0.3) is 0 Å². The fourth-order valence-electron chi connectivity index (χ4n) is 2.48. The summed E-state index contributed by atoms with van der Waals surface area (Å²) in [6.45, 7) is 10.3. The minimum atomic E-state index is 0.835. The summed E-state index contributed by atoms with van der Waals surface area (Å²) < 4.78 is 0. The van der Waals surface area contributed by atoms with Gasteiger partial charge >= 0.3 is 0 Å². The zero-order chi connectivity index (χ0) is 12.8. The van der Waals surface area contributed by atoms with Crippen molar-refractivity contribution < 1.29 is 0 Å². The molecule has 1 aliphatic rings. The third kappa shape index (κ3) is 4.04. The molecule has 1 unspecified atom stereocenters. The molecule has 0 spiro atoms. The van der Waals surface area contributed by atoms with Gasteiger partial charge in [-0.3, -0.25) is 4.90 Å². The van der Waals surface area contributed by atoms with E-state index in [-0.39, 0.29) is 0 Å². The van der Waals surface area contributed by atoms with Gasteiger partial charge in [-0.1, -0.05) is 13.8 Å². The predicted octanol–water partition coefficient (Wildman–Crippen LogP) is 2.53. The summed E-state index contributed by atoms with van der Waals surface area (Å²) in [6.07, 6.45) is 5.72. The van der Waals surface area contributed by atoms with Crippen LogP contribution in [0.2, 0.25) is 0 Å². The van der Waals surface area contributed by atoms with Crippen molar-refractivity contribution in [3.05, 3.63) is 16.1 Å². The number of nitrogens with zero attached hydrogens (tertiary/aromatic N) is 2. The fraction of sp³-hybridized carbons (Fsp3) is 0.786. The van der Waals surface area contributed by atoms with Gasteiger partial charge in [0.25, 0.3) is 0 Å². The van der Waals surface area contributed by atoms with Gasteiger partial charge in [-0.15, -0.1) is 11.3 Å². The van der Waals surface area contributed by atoms with Crippen molar-refractivity contribution in [2.45, 2.75) is 39.7 Å². The van der Waals surface area contributed by atoms with E-state index in [1.807, 2.05) is 17.5 Å². The highest BCUT2D eigenvalue weighted by Crippen LogP contribution is 2.20. The van der Waals surface area contributed by atoms with Crippen LogP contribution in [0.1, 0.15) is 36.6 Å². The SMILES string of the molecule is CCCNCC1CCN(Cc2ncc(CC)s2)C1. The van der Waals surface area contributed by atoms with E-state index in [1.54, 1.807) is 0 Å². The van der Waals surface area contributed by atoms with Crippen molar-refractivity contribution in [1.29, 1.82) is 0 Å². The Kier molecular flexibility index (Phi) is 5.60. The van der Waals surface area contributed by atoms with Crippen LogP contribution in [0.3, 0.4) is 0 Å². The molecule has 1 saturated heterocycles. The van der Waals surface area contributed by atoms with Crippen molar-refractivity contribution in [3.8, 4) is 0 Å². The van der Waals surface area contributed by atoms with Crippen LogP contribution in [0, 0.1) is 5.92 Å². The Hall–Kier alpha value is -0.450. The van der Waals surface area contributed by atoms with Crippen LogP contribution in [0.4, 0.5) is 0 Å². The summed E-state index contributed by atoms with van der Waals surface area (Å²) >= 11 is 1.87. The summed E-state index contributed by atoms with van der Waals surface area (Å²) in [4.78, 5) is 8.47. The van der Waals surface area contributed by atoms with E-state index in [0.29, 0.717) is 0 Å². The average molecular weight is 267 g/mol. The molecule has 0 aliphatic carbocycles. The molecule has 1 fully saturated rings. The van der Waals surface area contributed by atoms with Gasteiger partial charge in [-0.2, -0.15) is 0 Å². The molecule has 3 nitrogen and oxygen atoms in total. The van der Waals surface area contributed by atoms with Gasteiger partial charge in [0, 0.05) is 17.6 Å². The second-order valence-corrected chi connectivity index (χ2v) is 6.37. The highest BCUT2D eigenvalue weighted by atomic mass is 32.1.